The van der Waals surface area contributed by atoms with Crippen LogP contribution in [-0.4, -0.2) is 17.3 Å². The summed E-state index contributed by atoms with van der Waals surface area (Å²) in [5, 5.41) is 13.1. The molecule has 0 bridgehead atoms. The Morgan fingerprint density at radius 3 is 2.62 bits per heavy atom. The lowest BCUT2D eigenvalue weighted by atomic mass is 10.0. The second kappa shape index (κ2) is 5.67. The van der Waals surface area contributed by atoms with Gasteiger partial charge in [-0.1, -0.05) is 23.7 Å². The van der Waals surface area contributed by atoms with Crippen LogP contribution in [0.25, 0.3) is 0 Å². The van der Waals surface area contributed by atoms with E-state index in [-0.39, 0.29) is 12.1 Å². The zero-order chi connectivity index (χ0) is 12.2. The summed E-state index contributed by atoms with van der Waals surface area (Å²) in [6.07, 6.45) is 0.733. The second-order valence-electron chi connectivity index (χ2n) is 4.81. The molecule has 1 aromatic carbocycles. The van der Waals surface area contributed by atoms with E-state index in [1.165, 1.54) is 5.56 Å². The maximum atomic E-state index is 8.92. The Balaban J connectivity index is 2.61. The molecule has 0 amide bonds. The van der Waals surface area contributed by atoms with Gasteiger partial charge in [0.1, 0.15) is 0 Å². The number of aliphatic hydroxyl groups is 1. The largest absolute Gasteiger partial charge is 0.396 e. The minimum absolute atomic E-state index is 0.0665. The van der Waals surface area contributed by atoms with Gasteiger partial charge in [0.2, 0.25) is 0 Å². The number of halogens is 1. The van der Waals surface area contributed by atoms with Gasteiger partial charge in [-0.15, -0.1) is 0 Å². The Morgan fingerprint density at radius 1 is 1.38 bits per heavy atom. The van der Waals surface area contributed by atoms with Gasteiger partial charge in [-0.3, -0.25) is 0 Å². The van der Waals surface area contributed by atoms with E-state index in [9.17, 15) is 0 Å². The molecule has 0 aliphatic rings. The van der Waals surface area contributed by atoms with Gasteiger partial charge in [-0.05, 0) is 44.4 Å². The summed E-state index contributed by atoms with van der Waals surface area (Å²) in [6, 6.07) is 6.07. The molecule has 0 spiro atoms. The van der Waals surface area contributed by atoms with E-state index in [1.54, 1.807) is 0 Å². The molecule has 0 radical (unpaired) electrons. The minimum Gasteiger partial charge on any atom is -0.396 e. The summed E-state index contributed by atoms with van der Waals surface area (Å²) in [7, 11) is 0. The molecular formula is C13H20ClNO. The van der Waals surface area contributed by atoms with Crippen molar-refractivity contribution in [1.29, 1.82) is 0 Å². The summed E-state index contributed by atoms with van der Waals surface area (Å²) in [6.45, 7) is 7.10. The fourth-order valence-electron chi connectivity index (χ4n) is 1.50. The average molecular weight is 242 g/mol. The Kier molecular flexibility index (Phi) is 4.78. The van der Waals surface area contributed by atoms with Crippen molar-refractivity contribution in [1.82, 2.24) is 5.32 Å². The number of hydrogen-bond acceptors (Lipinski definition) is 2. The van der Waals surface area contributed by atoms with Crippen molar-refractivity contribution in [2.45, 2.75) is 39.3 Å². The molecule has 0 aromatic heterocycles. The molecule has 0 saturated heterocycles. The van der Waals surface area contributed by atoms with E-state index in [0.717, 1.165) is 23.6 Å². The molecule has 0 saturated carbocycles. The van der Waals surface area contributed by atoms with E-state index in [4.69, 9.17) is 16.7 Å². The van der Waals surface area contributed by atoms with Crippen molar-refractivity contribution >= 4 is 11.6 Å². The average Bonchev–Trinajstić information content (AvgIpc) is 2.16. The molecule has 0 unspecified atom stereocenters. The summed E-state index contributed by atoms with van der Waals surface area (Å²) in [5.41, 5.74) is 2.20. The molecule has 2 nitrogen and oxygen atoms in total. The van der Waals surface area contributed by atoms with Crippen molar-refractivity contribution < 1.29 is 5.11 Å². The van der Waals surface area contributed by atoms with Crippen molar-refractivity contribution in [3.8, 4) is 0 Å². The minimum atomic E-state index is -0.0665. The molecule has 0 aliphatic carbocycles. The molecule has 1 rings (SSSR count). The molecule has 1 aromatic rings. The Hall–Kier alpha value is -0.570. The maximum Gasteiger partial charge on any atom is 0.0453 e. The smallest absolute Gasteiger partial charge is 0.0453 e. The molecule has 0 fully saturated rings. The number of benzene rings is 1. The van der Waals surface area contributed by atoms with Crippen LogP contribution in [0.15, 0.2) is 18.2 Å². The third kappa shape index (κ3) is 4.12. The summed E-state index contributed by atoms with van der Waals surface area (Å²) >= 11 is 6.15. The van der Waals surface area contributed by atoms with Crippen LogP contribution in [0.1, 0.15) is 31.4 Å². The summed E-state index contributed by atoms with van der Waals surface area (Å²) in [5.74, 6) is 0. The zero-order valence-corrected chi connectivity index (χ0v) is 10.9. The molecule has 0 heterocycles. The monoisotopic (exact) mass is 241 g/mol. The molecule has 0 atom stereocenters. The van der Waals surface area contributed by atoms with E-state index < -0.39 is 0 Å². The van der Waals surface area contributed by atoms with Crippen LogP contribution in [0.3, 0.4) is 0 Å². The van der Waals surface area contributed by atoms with Gasteiger partial charge in [0, 0.05) is 23.7 Å². The van der Waals surface area contributed by atoms with Crippen LogP contribution in [-0.2, 0) is 6.54 Å². The first-order chi connectivity index (χ1) is 7.44. The quantitative estimate of drug-likeness (QED) is 0.831. The molecule has 0 aliphatic heterocycles. The molecule has 3 heteroatoms. The number of hydrogen-bond donors (Lipinski definition) is 2. The fourth-order valence-corrected chi connectivity index (χ4v) is 1.80. The van der Waals surface area contributed by atoms with E-state index >= 15 is 0 Å². The van der Waals surface area contributed by atoms with Gasteiger partial charge in [0.05, 0.1) is 0 Å². The third-order valence-corrected chi connectivity index (χ3v) is 3.05. The van der Waals surface area contributed by atoms with Crippen LogP contribution in [0.2, 0.25) is 5.02 Å². The van der Waals surface area contributed by atoms with Gasteiger partial charge < -0.3 is 10.4 Å². The lowest BCUT2D eigenvalue weighted by Gasteiger charge is -2.25. The molecule has 2 N–H and O–H groups in total. The van der Waals surface area contributed by atoms with Crippen molar-refractivity contribution in [3.05, 3.63) is 34.3 Å². The highest BCUT2D eigenvalue weighted by molar-refractivity contribution is 6.31. The molecule has 16 heavy (non-hydrogen) atoms. The highest BCUT2D eigenvalue weighted by Crippen LogP contribution is 2.18. The highest BCUT2D eigenvalue weighted by atomic mass is 35.5. The van der Waals surface area contributed by atoms with E-state index in [1.807, 2.05) is 19.1 Å². The highest BCUT2D eigenvalue weighted by Gasteiger charge is 2.16. The zero-order valence-electron chi connectivity index (χ0n) is 10.2. The topological polar surface area (TPSA) is 32.3 Å². The predicted octanol–water partition coefficient (Wildman–Crippen LogP) is 2.90. The lowest BCUT2D eigenvalue weighted by Crippen LogP contribution is -2.39. The van der Waals surface area contributed by atoms with Crippen LogP contribution < -0.4 is 5.32 Å². The lowest BCUT2D eigenvalue weighted by molar-refractivity contribution is 0.230. The summed E-state index contributed by atoms with van der Waals surface area (Å²) in [4.78, 5) is 0. The van der Waals surface area contributed by atoms with Crippen LogP contribution in [0, 0.1) is 6.92 Å². The van der Waals surface area contributed by atoms with E-state index in [0.29, 0.717) is 0 Å². The Labute approximate surface area is 103 Å². The first-order valence-electron chi connectivity index (χ1n) is 5.55. The van der Waals surface area contributed by atoms with Crippen molar-refractivity contribution in [2.75, 3.05) is 6.61 Å². The number of nitrogens with one attached hydrogen (secondary N) is 1. The number of aryl methyl sites for hydroxylation is 1. The normalized spacial score (nSPS) is 11.8. The van der Waals surface area contributed by atoms with Crippen LogP contribution >= 0.6 is 11.6 Å². The number of aliphatic hydroxyl groups excluding tert-OH is 1. The van der Waals surface area contributed by atoms with Gasteiger partial charge >= 0.3 is 0 Å². The summed E-state index contributed by atoms with van der Waals surface area (Å²) < 4.78 is 0. The SMILES string of the molecule is Cc1ccc(CNC(C)(C)CCO)c(Cl)c1. The van der Waals surface area contributed by atoms with Gasteiger partial charge in [-0.25, -0.2) is 0 Å². The van der Waals surface area contributed by atoms with Gasteiger partial charge in [0.15, 0.2) is 0 Å². The molecular weight excluding hydrogens is 222 g/mol. The van der Waals surface area contributed by atoms with E-state index in [2.05, 4.69) is 25.2 Å². The fraction of sp³-hybridized carbons (Fsp3) is 0.538. The first-order valence-corrected chi connectivity index (χ1v) is 5.93. The van der Waals surface area contributed by atoms with Crippen molar-refractivity contribution in [2.24, 2.45) is 0 Å². The predicted molar refractivity (Wildman–Crippen MR) is 68.8 cm³/mol. The van der Waals surface area contributed by atoms with Crippen LogP contribution in [0.4, 0.5) is 0 Å². The Morgan fingerprint density at radius 2 is 2.06 bits per heavy atom. The van der Waals surface area contributed by atoms with Crippen molar-refractivity contribution in [3.63, 3.8) is 0 Å². The van der Waals surface area contributed by atoms with Gasteiger partial charge in [-0.2, -0.15) is 0 Å². The number of rotatable bonds is 5. The maximum absolute atomic E-state index is 8.92. The van der Waals surface area contributed by atoms with Crippen LogP contribution in [0.5, 0.6) is 0 Å². The Bertz CT molecular complexity index is 350. The second-order valence-corrected chi connectivity index (χ2v) is 5.21. The first kappa shape index (κ1) is 13.5. The van der Waals surface area contributed by atoms with Gasteiger partial charge in [0.25, 0.3) is 0 Å². The standard InChI is InChI=1S/C13H20ClNO/c1-10-4-5-11(12(14)8-10)9-15-13(2,3)6-7-16/h4-5,8,15-16H,6-7,9H2,1-3H3. The molecule has 90 valence electrons. The third-order valence-electron chi connectivity index (χ3n) is 2.70.